The number of hydrogen-bond acceptors (Lipinski definition) is 5. The summed E-state index contributed by atoms with van der Waals surface area (Å²) in [6.45, 7) is 0.123. The highest BCUT2D eigenvalue weighted by molar-refractivity contribution is 6.07. The fourth-order valence-corrected chi connectivity index (χ4v) is 4.43. The van der Waals surface area contributed by atoms with E-state index in [9.17, 15) is 19.6 Å². The normalized spacial score (nSPS) is 17.2. The SMILES string of the molecule is N#Cc1ccccc1-c1ccc(COC(=O)CCN2C(=O)NC3(CCCCC3)C2=O)cc1. The lowest BCUT2D eigenvalue weighted by molar-refractivity contribution is -0.145. The average Bonchev–Trinajstić information content (AvgIpc) is 3.05. The van der Waals surface area contributed by atoms with Gasteiger partial charge in [0, 0.05) is 6.54 Å². The predicted molar refractivity (Wildman–Crippen MR) is 117 cm³/mol. The van der Waals surface area contributed by atoms with Crippen LogP contribution in [0.1, 0.15) is 49.7 Å². The van der Waals surface area contributed by atoms with Crippen LogP contribution in [0.4, 0.5) is 4.79 Å². The van der Waals surface area contributed by atoms with Crippen LogP contribution in [-0.2, 0) is 20.9 Å². The van der Waals surface area contributed by atoms with Gasteiger partial charge in [-0.15, -0.1) is 0 Å². The lowest BCUT2D eigenvalue weighted by Gasteiger charge is -2.30. The van der Waals surface area contributed by atoms with Crippen LogP contribution < -0.4 is 5.32 Å². The molecule has 3 amide bonds. The Hall–Kier alpha value is -3.66. The van der Waals surface area contributed by atoms with Crippen LogP contribution in [0, 0.1) is 11.3 Å². The Labute approximate surface area is 187 Å². The Balaban J connectivity index is 1.29. The topological polar surface area (TPSA) is 99.5 Å². The summed E-state index contributed by atoms with van der Waals surface area (Å²) < 4.78 is 5.32. The van der Waals surface area contributed by atoms with Crippen LogP contribution in [-0.4, -0.2) is 34.9 Å². The van der Waals surface area contributed by atoms with Gasteiger partial charge < -0.3 is 10.1 Å². The van der Waals surface area contributed by atoms with Gasteiger partial charge in [0.05, 0.1) is 18.1 Å². The molecule has 7 heteroatoms. The van der Waals surface area contributed by atoms with Crippen molar-refractivity contribution in [3.8, 4) is 17.2 Å². The molecule has 1 aliphatic carbocycles. The smallest absolute Gasteiger partial charge is 0.325 e. The molecule has 0 aromatic heterocycles. The zero-order valence-corrected chi connectivity index (χ0v) is 17.8. The Morgan fingerprint density at radius 1 is 1.06 bits per heavy atom. The van der Waals surface area contributed by atoms with E-state index in [1.165, 1.54) is 0 Å². The van der Waals surface area contributed by atoms with E-state index >= 15 is 0 Å². The third kappa shape index (κ3) is 4.35. The number of rotatable bonds is 6. The fraction of sp³-hybridized carbons (Fsp3) is 0.360. The molecule has 1 saturated heterocycles. The molecule has 7 nitrogen and oxygen atoms in total. The molecule has 4 rings (SSSR count). The van der Waals surface area contributed by atoms with Gasteiger partial charge in [-0.05, 0) is 35.6 Å². The molecule has 1 heterocycles. The minimum atomic E-state index is -0.773. The van der Waals surface area contributed by atoms with Crippen LogP contribution in [0.3, 0.4) is 0 Å². The van der Waals surface area contributed by atoms with Crippen LogP contribution >= 0.6 is 0 Å². The van der Waals surface area contributed by atoms with Gasteiger partial charge in [0.25, 0.3) is 5.91 Å². The Kier molecular flexibility index (Phi) is 6.22. The molecule has 1 aliphatic heterocycles. The Morgan fingerprint density at radius 2 is 1.78 bits per heavy atom. The van der Waals surface area contributed by atoms with Crippen molar-refractivity contribution in [2.45, 2.75) is 50.7 Å². The molecule has 2 aromatic rings. The lowest BCUT2D eigenvalue weighted by Crippen LogP contribution is -2.48. The zero-order valence-electron chi connectivity index (χ0n) is 17.8. The maximum Gasteiger partial charge on any atom is 0.325 e. The van der Waals surface area contributed by atoms with Gasteiger partial charge in [-0.2, -0.15) is 5.26 Å². The molecule has 0 unspecified atom stereocenters. The highest BCUT2D eigenvalue weighted by atomic mass is 16.5. The molecule has 0 bridgehead atoms. The number of nitrogens with zero attached hydrogens (tertiary/aromatic N) is 2. The van der Waals surface area contributed by atoms with Crippen LogP contribution in [0.15, 0.2) is 48.5 Å². The molecule has 2 fully saturated rings. The fourth-order valence-electron chi connectivity index (χ4n) is 4.43. The number of benzene rings is 2. The minimum Gasteiger partial charge on any atom is -0.461 e. The van der Waals surface area contributed by atoms with Gasteiger partial charge in [0.1, 0.15) is 12.1 Å². The summed E-state index contributed by atoms with van der Waals surface area (Å²) in [7, 11) is 0. The number of nitriles is 1. The number of ether oxygens (including phenoxy) is 1. The first kappa shape index (κ1) is 21.6. The molecular weight excluding hydrogens is 406 g/mol. The van der Waals surface area contributed by atoms with Crippen molar-refractivity contribution in [3.63, 3.8) is 0 Å². The van der Waals surface area contributed by atoms with Crippen LogP contribution in [0.5, 0.6) is 0 Å². The van der Waals surface area contributed by atoms with E-state index in [2.05, 4.69) is 11.4 Å². The lowest BCUT2D eigenvalue weighted by atomic mass is 9.82. The minimum absolute atomic E-state index is 0.0229. The second-order valence-corrected chi connectivity index (χ2v) is 8.29. The van der Waals surface area contributed by atoms with Crippen molar-refractivity contribution in [3.05, 3.63) is 59.7 Å². The van der Waals surface area contributed by atoms with E-state index in [1.54, 1.807) is 6.07 Å². The first-order chi connectivity index (χ1) is 15.5. The van der Waals surface area contributed by atoms with Crippen LogP contribution in [0.2, 0.25) is 0 Å². The van der Waals surface area contributed by atoms with Gasteiger partial charge >= 0.3 is 12.0 Å². The molecular formula is C25H25N3O4. The largest absolute Gasteiger partial charge is 0.461 e. The van der Waals surface area contributed by atoms with Gasteiger partial charge in [0.2, 0.25) is 0 Å². The number of carbonyl (C=O) groups is 3. The van der Waals surface area contributed by atoms with Gasteiger partial charge in [-0.3, -0.25) is 14.5 Å². The first-order valence-electron chi connectivity index (χ1n) is 10.9. The van der Waals surface area contributed by atoms with Crippen molar-refractivity contribution in [1.82, 2.24) is 10.2 Å². The second kappa shape index (κ2) is 9.23. The molecule has 1 spiro atoms. The highest BCUT2D eigenvalue weighted by Crippen LogP contribution is 2.33. The van der Waals surface area contributed by atoms with Crippen molar-refractivity contribution < 1.29 is 19.1 Å². The van der Waals surface area contributed by atoms with E-state index in [0.29, 0.717) is 18.4 Å². The monoisotopic (exact) mass is 431 g/mol. The average molecular weight is 431 g/mol. The van der Waals surface area contributed by atoms with Gasteiger partial charge in [0.15, 0.2) is 0 Å². The number of urea groups is 1. The summed E-state index contributed by atoms with van der Waals surface area (Å²) in [5, 5.41) is 12.1. The van der Waals surface area contributed by atoms with Gasteiger partial charge in [-0.1, -0.05) is 61.7 Å². The molecule has 2 aliphatic rings. The summed E-state index contributed by atoms with van der Waals surface area (Å²) >= 11 is 0. The van der Waals surface area contributed by atoms with Gasteiger partial charge in [-0.25, -0.2) is 4.79 Å². The highest BCUT2D eigenvalue weighted by Gasteiger charge is 2.51. The van der Waals surface area contributed by atoms with E-state index in [0.717, 1.165) is 40.9 Å². The molecule has 32 heavy (non-hydrogen) atoms. The van der Waals surface area contributed by atoms with E-state index < -0.39 is 17.5 Å². The molecule has 164 valence electrons. The number of esters is 1. The molecule has 2 aromatic carbocycles. The maximum absolute atomic E-state index is 12.7. The second-order valence-electron chi connectivity index (χ2n) is 8.29. The van der Waals surface area contributed by atoms with Crippen LogP contribution in [0.25, 0.3) is 11.1 Å². The third-order valence-corrected chi connectivity index (χ3v) is 6.20. The molecule has 0 atom stereocenters. The summed E-state index contributed by atoms with van der Waals surface area (Å²) in [6, 6.07) is 16.6. The molecule has 1 saturated carbocycles. The quantitative estimate of drug-likeness (QED) is 0.552. The third-order valence-electron chi connectivity index (χ3n) is 6.20. The van der Waals surface area contributed by atoms with Crippen molar-refractivity contribution in [2.75, 3.05) is 6.54 Å². The number of imide groups is 1. The summed E-state index contributed by atoms with van der Waals surface area (Å²) in [5.41, 5.74) is 2.40. The number of carbonyl (C=O) groups excluding carboxylic acids is 3. The van der Waals surface area contributed by atoms with Crippen molar-refractivity contribution >= 4 is 17.9 Å². The molecule has 1 N–H and O–H groups in total. The summed E-state index contributed by atoms with van der Waals surface area (Å²) in [6.07, 6.45) is 4.19. The predicted octanol–water partition coefficient (Wildman–Crippen LogP) is 3.91. The zero-order chi connectivity index (χ0) is 22.6. The Morgan fingerprint density at radius 3 is 2.50 bits per heavy atom. The Bertz CT molecular complexity index is 1070. The van der Waals surface area contributed by atoms with E-state index in [-0.39, 0.29) is 25.5 Å². The van der Waals surface area contributed by atoms with Crippen molar-refractivity contribution in [2.24, 2.45) is 0 Å². The standard InChI is InChI=1S/C25H25N3O4/c26-16-20-6-2-3-7-21(20)19-10-8-18(9-11-19)17-32-22(29)12-15-28-23(30)25(27-24(28)31)13-4-1-5-14-25/h2-3,6-11H,1,4-5,12-15,17H2,(H,27,31). The number of hydrogen-bond donors (Lipinski definition) is 1. The maximum atomic E-state index is 12.7. The van der Waals surface area contributed by atoms with Crippen molar-refractivity contribution in [1.29, 1.82) is 5.26 Å². The number of nitrogens with one attached hydrogen (secondary N) is 1. The first-order valence-corrected chi connectivity index (χ1v) is 10.9. The molecule has 0 radical (unpaired) electrons. The van der Waals surface area contributed by atoms with E-state index in [1.807, 2.05) is 42.5 Å². The van der Waals surface area contributed by atoms with E-state index in [4.69, 9.17) is 4.74 Å². The summed E-state index contributed by atoms with van der Waals surface area (Å²) in [5.74, 6) is -0.683. The summed E-state index contributed by atoms with van der Waals surface area (Å²) in [4.78, 5) is 38.4. The number of amides is 3.